The van der Waals surface area contributed by atoms with Crippen LogP contribution in [0.2, 0.25) is 0 Å². The van der Waals surface area contributed by atoms with Gasteiger partial charge in [-0.25, -0.2) is 9.59 Å². The van der Waals surface area contributed by atoms with Gasteiger partial charge in [-0.15, -0.1) is 4.28 Å². The minimum atomic E-state index is -4.88. The molecule has 14 nitrogen and oxygen atoms in total. The molecule has 3 fully saturated rings. The van der Waals surface area contributed by atoms with E-state index in [1.807, 2.05) is 0 Å². The Balaban J connectivity index is 1.49. The maximum atomic E-state index is 12.5. The van der Waals surface area contributed by atoms with Gasteiger partial charge in [0.25, 0.3) is 5.91 Å². The number of hydroxylamine groups is 2. The van der Waals surface area contributed by atoms with E-state index >= 15 is 0 Å². The number of carbonyl (C=O) groups excluding carboxylic acids is 4. The fraction of sp³-hybridized carbons (Fsp3) is 0.765. The minimum Gasteiger partial charge on any atom is -0.444 e. The van der Waals surface area contributed by atoms with Crippen molar-refractivity contribution in [1.82, 2.24) is 25.7 Å². The van der Waals surface area contributed by atoms with Gasteiger partial charge in [0.15, 0.2) is 0 Å². The summed E-state index contributed by atoms with van der Waals surface area (Å²) in [5.74, 6) is -1.67. The summed E-state index contributed by atoms with van der Waals surface area (Å²) in [6.07, 6.45) is 0.354. The molecular formula is C17H27N5O9S. The molecule has 0 aromatic rings. The van der Waals surface area contributed by atoms with Crippen LogP contribution in [0.5, 0.6) is 0 Å². The Bertz CT molecular complexity index is 903. The lowest BCUT2D eigenvalue weighted by Crippen LogP contribution is -2.55. The fourth-order valence-electron chi connectivity index (χ4n) is 3.88. The Kier molecular flexibility index (Phi) is 6.53. The molecule has 3 saturated heterocycles. The Morgan fingerprint density at radius 3 is 2.34 bits per heavy atom. The van der Waals surface area contributed by atoms with Gasteiger partial charge in [0.05, 0.1) is 12.0 Å². The third-order valence-electron chi connectivity index (χ3n) is 5.32. The Hall–Kier alpha value is -2.65. The van der Waals surface area contributed by atoms with E-state index in [-0.39, 0.29) is 25.9 Å². The highest BCUT2D eigenvalue weighted by Crippen LogP contribution is 2.30. The van der Waals surface area contributed by atoms with Crippen molar-refractivity contribution in [2.45, 2.75) is 57.7 Å². The van der Waals surface area contributed by atoms with Crippen LogP contribution in [-0.4, -0.2) is 89.1 Å². The quantitative estimate of drug-likeness (QED) is 0.352. The number of hydrazine groups is 1. The van der Waals surface area contributed by atoms with Crippen molar-refractivity contribution < 1.29 is 41.2 Å². The molecule has 5 amide bonds. The molecule has 0 unspecified atom stereocenters. The summed E-state index contributed by atoms with van der Waals surface area (Å²) in [7, 11) is -4.88. The zero-order valence-electron chi connectivity index (χ0n) is 17.9. The van der Waals surface area contributed by atoms with Gasteiger partial charge in [-0.05, 0) is 40.0 Å². The number of urea groups is 1. The van der Waals surface area contributed by atoms with Gasteiger partial charge >= 0.3 is 22.5 Å². The maximum absolute atomic E-state index is 12.5. The van der Waals surface area contributed by atoms with E-state index < -0.39 is 57.9 Å². The first-order valence-corrected chi connectivity index (χ1v) is 11.5. The van der Waals surface area contributed by atoms with Crippen LogP contribution in [0.4, 0.5) is 9.59 Å². The van der Waals surface area contributed by atoms with Crippen LogP contribution in [0.3, 0.4) is 0 Å². The van der Waals surface area contributed by atoms with Gasteiger partial charge in [0, 0.05) is 19.6 Å². The SMILES string of the molecule is CC(C)(C)OC(=O)N1CC[C@@H](C(=O)NNC(=O)[C@H]2CC[C@H]3CN2C(=O)N3OS(=O)(=O)O)C1. The van der Waals surface area contributed by atoms with E-state index in [9.17, 15) is 27.6 Å². The summed E-state index contributed by atoms with van der Waals surface area (Å²) in [5.41, 5.74) is 3.95. The largest absolute Gasteiger partial charge is 0.444 e. The third-order valence-corrected chi connectivity index (χ3v) is 5.67. The van der Waals surface area contributed by atoms with Crippen molar-refractivity contribution in [3.63, 3.8) is 0 Å². The van der Waals surface area contributed by atoms with Crippen LogP contribution in [0.15, 0.2) is 0 Å². The molecule has 180 valence electrons. The van der Waals surface area contributed by atoms with Gasteiger partial charge in [-0.1, -0.05) is 0 Å². The molecule has 2 bridgehead atoms. The summed E-state index contributed by atoms with van der Waals surface area (Å²) < 4.78 is 40.3. The molecule has 0 aliphatic carbocycles. The van der Waals surface area contributed by atoms with Crippen molar-refractivity contribution in [2.24, 2.45) is 5.92 Å². The fourth-order valence-corrected chi connectivity index (χ4v) is 4.27. The number of hydrogen-bond donors (Lipinski definition) is 3. The van der Waals surface area contributed by atoms with Gasteiger partial charge < -0.3 is 14.5 Å². The lowest BCUT2D eigenvalue weighted by atomic mass is 10.0. The molecule has 0 saturated carbocycles. The number of carbonyl (C=O) groups is 4. The van der Waals surface area contributed by atoms with Gasteiger partial charge in [-0.2, -0.15) is 13.5 Å². The molecule has 0 spiro atoms. The number of amides is 5. The monoisotopic (exact) mass is 477 g/mol. The standard InChI is InChI=1S/C17H27N5O9S/c1-17(2,3)30-16(26)20-7-6-10(8-20)13(23)18-19-14(24)12-5-4-11-9-21(12)15(25)22(11)31-32(27,28)29/h10-12H,4-9H2,1-3H3,(H,18,23)(H,19,24)(H,27,28,29)/t10-,11+,12-/m1/s1. The van der Waals surface area contributed by atoms with E-state index in [4.69, 9.17) is 9.29 Å². The number of piperidine rings is 1. The first-order chi connectivity index (χ1) is 14.7. The normalized spacial score (nSPS) is 25.7. The molecule has 3 rings (SSSR count). The lowest BCUT2D eigenvalue weighted by molar-refractivity contribution is -0.133. The predicted molar refractivity (Wildman–Crippen MR) is 106 cm³/mol. The number of likely N-dealkylation sites (tertiary alicyclic amines) is 1. The van der Waals surface area contributed by atoms with Gasteiger partial charge in [-0.3, -0.25) is 25.0 Å². The van der Waals surface area contributed by atoms with Crippen molar-refractivity contribution in [2.75, 3.05) is 19.6 Å². The number of hydrogen-bond acceptors (Lipinski definition) is 8. The number of fused-ring (bicyclic) bond motifs is 2. The zero-order chi connectivity index (χ0) is 23.8. The van der Waals surface area contributed by atoms with E-state index in [0.717, 1.165) is 4.90 Å². The van der Waals surface area contributed by atoms with Crippen LogP contribution >= 0.6 is 0 Å². The van der Waals surface area contributed by atoms with Crippen molar-refractivity contribution in [1.29, 1.82) is 0 Å². The number of rotatable bonds is 4. The van der Waals surface area contributed by atoms with Crippen LogP contribution in [0.25, 0.3) is 0 Å². The summed E-state index contributed by atoms with van der Waals surface area (Å²) in [6, 6.07) is -2.45. The summed E-state index contributed by atoms with van der Waals surface area (Å²) in [6.45, 7) is 5.76. The average Bonchev–Trinajstić information content (AvgIpc) is 3.24. The topological polar surface area (TPSA) is 175 Å². The molecule has 3 atom stereocenters. The molecule has 3 N–H and O–H groups in total. The zero-order valence-corrected chi connectivity index (χ0v) is 18.8. The van der Waals surface area contributed by atoms with E-state index in [1.165, 1.54) is 4.90 Å². The molecule has 3 aliphatic rings. The lowest BCUT2D eigenvalue weighted by Gasteiger charge is -2.29. The third kappa shape index (κ3) is 5.58. The van der Waals surface area contributed by atoms with Crippen LogP contribution in [-0.2, 0) is 29.0 Å². The first kappa shape index (κ1) is 24.0. The van der Waals surface area contributed by atoms with Crippen molar-refractivity contribution >= 4 is 34.3 Å². The van der Waals surface area contributed by atoms with Crippen LogP contribution in [0.1, 0.15) is 40.0 Å². The van der Waals surface area contributed by atoms with Crippen LogP contribution in [0, 0.1) is 5.92 Å². The van der Waals surface area contributed by atoms with E-state index in [0.29, 0.717) is 18.0 Å². The minimum absolute atomic E-state index is 0.0356. The van der Waals surface area contributed by atoms with E-state index in [1.54, 1.807) is 20.8 Å². The Morgan fingerprint density at radius 2 is 1.72 bits per heavy atom. The molecule has 3 heterocycles. The second-order valence-electron chi connectivity index (χ2n) is 8.90. The molecular weight excluding hydrogens is 450 g/mol. The second-order valence-corrected chi connectivity index (χ2v) is 9.90. The summed E-state index contributed by atoms with van der Waals surface area (Å²) >= 11 is 0. The molecule has 3 aliphatic heterocycles. The number of ether oxygens (including phenoxy) is 1. The molecule has 32 heavy (non-hydrogen) atoms. The highest BCUT2D eigenvalue weighted by Gasteiger charge is 2.49. The molecule has 0 aromatic carbocycles. The maximum Gasteiger partial charge on any atom is 0.418 e. The van der Waals surface area contributed by atoms with Crippen LogP contribution < -0.4 is 10.9 Å². The van der Waals surface area contributed by atoms with Gasteiger partial charge in [0.2, 0.25) is 5.91 Å². The van der Waals surface area contributed by atoms with Crippen molar-refractivity contribution in [3.05, 3.63) is 0 Å². The number of nitrogens with zero attached hydrogens (tertiary/aromatic N) is 3. The Labute approximate surface area is 185 Å². The molecule has 0 radical (unpaired) electrons. The van der Waals surface area contributed by atoms with Gasteiger partial charge in [0.1, 0.15) is 11.6 Å². The van der Waals surface area contributed by atoms with Crippen molar-refractivity contribution in [3.8, 4) is 0 Å². The molecule has 0 aromatic heterocycles. The highest BCUT2D eigenvalue weighted by molar-refractivity contribution is 7.80. The molecule has 15 heteroatoms. The average molecular weight is 477 g/mol. The number of nitrogens with one attached hydrogen (secondary N) is 2. The Morgan fingerprint density at radius 1 is 1.06 bits per heavy atom. The van der Waals surface area contributed by atoms with E-state index in [2.05, 4.69) is 15.1 Å². The smallest absolute Gasteiger partial charge is 0.418 e. The first-order valence-electron chi connectivity index (χ1n) is 10.1. The summed E-state index contributed by atoms with van der Waals surface area (Å²) in [4.78, 5) is 52.0. The highest BCUT2D eigenvalue weighted by atomic mass is 32.3. The predicted octanol–water partition coefficient (Wildman–Crippen LogP) is -0.606. The second kappa shape index (κ2) is 8.71. The summed E-state index contributed by atoms with van der Waals surface area (Å²) in [5, 5.41) is 0.533.